The van der Waals surface area contributed by atoms with E-state index in [2.05, 4.69) is 10.3 Å². The molecular weight excluding hydrogens is 386 g/mol. The number of benzene rings is 2. The Hall–Kier alpha value is -3.19. The minimum Gasteiger partial charge on any atom is -0.479 e. The summed E-state index contributed by atoms with van der Waals surface area (Å²) in [7, 11) is 1.74. The van der Waals surface area contributed by atoms with Crippen molar-refractivity contribution >= 4 is 34.0 Å². The number of amides is 2. The van der Waals surface area contributed by atoms with Crippen LogP contribution in [0, 0.1) is 0 Å². The van der Waals surface area contributed by atoms with E-state index in [1.165, 1.54) is 11.3 Å². The first-order valence-electron chi connectivity index (χ1n) is 9.39. The summed E-state index contributed by atoms with van der Waals surface area (Å²) in [6.45, 7) is 1.74. The molecule has 1 aromatic heterocycles. The van der Waals surface area contributed by atoms with Gasteiger partial charge in [0, 0.05) is 24.4 Å². The van der Waals surface area contributed by atoms with Crippen LogP contribution in [0.4, 0.5) is 10.8 Å². The van der Waals surface area contributed by atoms with Gasteiger partial charge in [-0.05, 0) is 37.1 Å². The molecule has 0 fully saturated rings. The smallest absolute Gasteiger partial charge is 0.267 e. The van der Waals surface area contributed by atoms with Crippen LogP contribution in [0.1, 0.15) is 18.9 Å². The molecule has 1 aliphatic heterocycles. The normalized spacial score (nSPS) is 15.6. The van der Waals surface area contributed by atoms with Crippen LogP contribution in [-0.2, 0) is 16.0 Å². The number of aromatic nitrogens is 1. The fourth-order valence-corrected chi connectivity index (χ4v) is 3.95. The first-order valence-corrected chi connectivity index (χ1v) is 10.3. The summed E-state index contributed by atoms with van der Waals surface area (Å²) in [5, 5.41) is 5.32. The lowest BCUT2D eigenvalue weighted by molar-refractivity contribution is -0.125. The van der Waals surface area contributed by atoms with E-state index in [4.69, 9.17) is 4.74 Å². The van der Waals surface area contributed by atoms with E-state index in [0.29, 0.717) is 29.4 Å². The van der Waals surface area contributed by atoms with Crippen molar-refractivity contribution in [1.29, 1.82) is 0 Å². The van der Waals surface area contributed by atoms with Gasteiger partial charge in [0.25, 0.3) is 5.91 Å². The van der Waals surface area contributed by atoms with Gasteiger partial charge in [-0.25, -0.2) is 4.98 Å². The predicted octanol–water partition coefficient (Wildman–Crippen LogP) is 4.13. The quantitative estimate of drug-likeness (QED) is 0.690. The van der Waals surface area contributed by atoms with Gasteiger partial charge in [0.15, 0.2) is 11.2 Å². The molecule has 0 saturated heterocycles. The van der Waals surface area contributed by atoms with Crippen molar-refractivity contribution in [3.05, 3.63) is 59.5 Å². The summed E-state index contributed by atoms with van der Waals surface area (Å²) in [4.78, 5) is 30.5. The highest BCUT2D eigenvalue weighted by molar-refractivity contribution is 7.14. The number of likely N-dealkylation sites (N-methyl/N-ethyl adjacent to an activating group) is 1. The second kappa shape index (κ2) is 8.05. The number of carbonyl (C=O) groups excluding carboxylic acids is 2. The molecule has 0 saturated carbocycles. The first-order chi connectivity index (χ1) is 14.0. The van der Waals surface area contributed by atoms with Gasteiger partial charge in [-0.2, -0.15) is 0 Å². The second-order valence-corrected chi connectivity index (χ2v) is 7.77. The molecule has 1 aliphatic rings. The number of hydrogen-bond donors (Lipinski definition) is 1. The summed E-state index contributed by atoms with van der Waals surface area (Å²) in [6.07, 6.45) is 0.602. The molecule has 6 nitrogen and oxygen atoms in total. The van der Waals surface area contributed by atoms with E-state index < -0.39 is 6.10 Å². The largest absolute Gasteiger partial charge is 0.479 e. The molecule has 0 aliphatic carbocycles. The molecule has 3 aromatic rings. The van der Waals surface area contributed by atoms with Crippen LogP contribution in [0.15, 0.2) is 53.9 Å². The standard InChI is InChI=1S/C22H21N3O3S/c1-14-21(27)25(2)18-12-16(9-10-19(18)28-14)17-13-29-22(23-17)24-20(26)11-8-15-6-4-3-5-7-15/h3-7,9-10,12-14H,8,11H2,1-2H3,(H,23,24,26)/t14-/m1/s1. The Kier molecular flexibility index (Phi) is 5.31. The van der Waals surface area contributed by atoms with Gasteiger partial charge < -0.3 is 15.0 Å². The predicted molar refractivity (Wildman–Crippen MR) is 114 cm³/mol. The van der Waals surface area contributed by atoms with Crippen molar-refractivity contribution in [2.75, 3.05) is 17.3 Å². The Bertz CT molecular complexity index is 1050. The van der Waals surface area contributed by atoms with Gasteiger partial charge in [-0.1, -0.05) is 30.3 Å². The molecular formula is C22H21N3O3S. The molecule has 29 heavy (non-hydrogen) atoms. The third-order valence-corrected chi connectivity index (χ3v) is 5.59. The van der Waals surface area contributed by atoms with Crippen LogP contribution in [0.5, 0.6) is 5.75 Å². The van der Waals surface area contributed by atoms with Crippen molar-refractivity contribution in [3.63, 3.8) is 0 Å². The Morgan fingerprint density at radius 3 is 2.83 bits per heavy atom. The topological polar surface area (TPSA) is 71.5 Å². The van der Waals surface area contributed by atoms with Crippen LogP contribution in [-0.4, -0.2) is 29.9 Å². The molecule has 1 atom stereocenters. The summed E-state index contributed by atoms with van der Waals surface area (Å²) < 4.78 is 5.66. The van der Waals surface area contributed by atoms with Crippen molar-refractivity contribution in [2.45, 2.75) is 25.9 Å². The third-order valence-electron chi connectivity index (χ3n) is 4.83. The van der Waals surface area contributed by atoms with Crippen LogP contribution >= 0.6 is 11.3 Å². The Morgan fingerprint density at radius 1 is 1.24 bits per heavy atom. The van der Waals surface area contributed by atoms with Crippen LogP contribution in [0.25, 0.3) is 11.3 Å². The van der Waals surface area contributed by atoms with E-state index in [9.17, 15) is 9.59 Å². The van der Waals surface area contributed by atoms with Crippen molar-refractivity contribution < 1.29 is 14.3 Å². The van der Waals surface area contributed by atoms with Gasteiger partial charge in [-0.3, -0.25) is 9.59 Å². The number of thiazole rings is 1. The molecule has 2 amide bonds. The molecule has 0 unspecified atom stereocenters. The number of hydrogen-bond acceptors (Lipinski definition) is 5. The zero-order valence-electron chi connectivity index (χ0n) is 16.2. The van der Waals surface area contributed by atoms with E-state index in [1.54, 1.807) is 18.9 Å². The van der Waals surface area contributed by atoms with Crippen LogP contribution < -0.4 is 15.0 Å². The highest BCUT2D eigenvalue weighted by Crippen LogP contribution is 2.37. The SMILES string of the molecule is C[C@H]1Oc2ccc(-c3csc(NC(=O)CCc4ccccc4)n3)cc2N(C)C1=O. The molecule has 0 spiro atoms. The zero-order valence-corrected chi connectivity index (χ0v) is 17.0. The maximum absolute atomic E-state index is 12.2. The highest BCUT2D eigenvalue weighted by Gasteiger charge is 2.29. The molecule has 148 valence electrons. The number of nitrogens with one attached hydrogen (secondary N) is 1. The number of carbonyl (C=O) groups is 2. The summed E-state index contributed by atoms with van der Waals surface area (Å²) in [5.41, 5.74) is 3.46. The fourth-order valence-electron chi connectivity index (χ4n) is 3.22. The van der Waals surface area contributed by atoms with E-state index in [-0.39, 0.29) is 11.8 Å². The monoisotopic (exact) mass is 407 g/mol. The molecule has 1 N–H and O–H groups in total. The van der Waals surface area contributed by atoms with E-state index >= 15 is 0 Å². The minimum atomic E-state index is -0.490. The molecule has 2 aromatic carbocycles. The number of ether oxygens (including phenoxy) is 1. The number of rotatable bonds is 5. The number of nitrogens with zero attached hydrogens (tertiary/aromatic N) is 2. The minimum absolute atomic E-state index is 0.0621. The number of anilines is 2. The third kappa shape index (κ3) is 4.14. The Labute approximate surface area is 173 Å². The van der Waals surface area contributed by atoms with Crippen molar-refractivity contribution in [1.82, 2.24) is 4.98 Å². The van der Waals surface area contributed by atoms with Gasteiger partial charge >= 0.3 is 0 Å². The molecule has 2 heterocycles. The lowest BCUT2D eigenvalue weighted by Crippen LogP contribution is -2.41. The van der Waals surface area contributed by atoms with E-state index in [0.717, 1.165) is 16.8 Å². The van der Waals surface area contributed by atoms with E-state index in [1.807, 2.05) is 53.9 Å². The molecule has 0 radical (unpaired) electrons. The summed E-state index contributed by atoms with van der Waals surface area (Å²) in [6, 6.07) is 15.6. The average molecular weight is 407 g/mol. The van der Waals surface area contributed by atoms with Gasteiger partial charge in [0.05, 0.1) is 11.4 Å². The highest BCUT2D eigenvalue weighted by atomic mass is 32.1. The Balaban J connectivity index is 1.44. The van der Waals surface area contributed by atoms with Gasteiger partial charge in [0.2, 0.25) is 5.91 Å². The lowest BCUT2D eigenvalue weighted by atomic mass is 10.1. The summed E-state index contributed by atoms with van der Waals surface area (Å²) in [5.74, 6) is 0.528. The molecule has 4 rings (SSSR count). The zero-order chi connectivity index (χ0) is 20.4. The second-order valence-electron chi connectivity index (χ2n) is 6.91. The van der Waals surface area contributed by atoms with Gasteiger partial charge in [0.1, 0.15) is 5.75 Å². The maximum atomic E-state index is 12.2. The summed E-state index contributed by atoms with van der Waals surface area (Å²) >= 11 is 1.38. The average Bonchev–Trinajstić information content (AvgIpc) is 3.19. The molecule has 0 bridgehead atoms. The molecule has 7 heteroatoms. The fraction of sp³-hybridized carbons (Fsp3) is 0.227. The van der Waals surface area contributed by atoms with Crippen LogP contribution in [0.3, 0.4) is 0 Å². The maximum Gasteiger partial charge on any atom is 0.267 e. The lowest BCUT2D eigenvalue weighted by Gasteiger charge is -2.30. The Morgan fingerprint density at radius 2 is 2.03 bits per heavy atom. The van der Waals surface area contributed by atoms with Gasteiger partial charge in [-0.15, -0.1) is 11.3 Å². The van der Waals surface area contributed by atoms with Crippen molar-refractivity contribution in [2.24, 2.45) is 0 Å². The number of fused-ring (bicyclic) bond motifs is 1. The number of aryl methyl sites for hydroxylation is 1. The first kappa shape index (κ1) is 19.1. The van der Waals surface area contributed by atoms with Crippen LogP contribution in [0.2, 0.25) is 0 Å². The van der Waals surface area contributed by atoms with Crippen molar-refractivity contribution in [3.8, 4) is 17.0 Å².